The molecule has 0 bridgehead atoms. The van der Waals surface area contributed by atoms with Crippen molar-refractivity contribution < 1.29 is 13.2 Å². The van der Waals surface area contributed by atoms with Gasteiger partial charge in [-0.3, -0.25) is 0 Å². The van der Waals surface area contributed by atoms with E-state index in [2.05, 4.69) is 10.9 Å². The molecule has 1 saturated heterocycles. The summed E-state index contributed by atoms with van der Waals surface area (Å²) in [5.41, 5.74) is 2.51. The number of rotatable bonds is 1. The van der Waals surface area contributed by atoms with Crippen molar-refractivity contribution in [2.24, 2.45) is 0 Å². The Kier molecular flexibility index (Phi) is 2.24. The third kappa shape index (κ3) is 1.41. The predicted octanol–water partition coefficient (Wildman–Crippen LogP) is 2.11. The first kappa shape index (κ1) is 10.2. The largest absolute Gasteiger partial charge is 0.426 e. The van der Waals surface area contributed by atoms with E-state index in [0.717, 1.165) is 0 Å². The van der Waals surface area contributed by atoms with Crippen molar-refractivity contribution in [1.82, 2.24) is 10.9 Å². The number of alkyl halides is 3. The van der Waals surface area contributed by atoms with Crippen LogP contribution in [0.4, 0.5) is 13.2 Å². The van der Waals surface area contributed by atoms with Gasteiger partial charge in [0, 0.05) is 9.13 Å². The van der Waals surface area contributed by atoms with Crippen molar-refractivity contribution in [1.29, 1.82) is 0 Å². The van der Waals surface area contributed by atoms with Gasteiger partial charge in [-0.15, -0.1) is 0 Å². The van der Waals surface area contributed by atoms with E-state index in [1.807, 2.05) is 22.6 Å². The average molecular weight is 314 g/mol. The van der Waals surface area contributed by atoms with Gasteiger partial charge in [-0.2, -0.15) is 13.2 Å². The Balaban J connectivity index is 2.46. The van der Waals surface area contributed by atoms with E-state index in [4.69, 9.17) is 0 Å². The summed E-state index contributed by atoms with van der Waals surface area (Å²) >= 11 is 1.89. The molecule has 2 N–H and O–H groups in total. The van der Waals surface area contributed by atoms with Gasteiger partial charge in [-0.25, -0.2) is 10.9 Å². The van der Waals surface area contributed by atoms with E-state index in [0.29, 0.717) is 3.57 Å². The molecule has 0 amide bonds. The third-order valence-corrected chi connectivity index (χ3v) is 3.02. The minimum Gasteiger partial charge on any atom is -0.223 e. The summed E-state index contributed by atoms with van der Waals surface area (Å²) in [4.78, 5) is 0. The van der Waals surface area contributed by atoms with Gasteiger partial charge in [-0.1, -0.05) is 18.2 Å². The Labute approximate surface area is 92.0 Å². The van der Waals surface area contributed by atoms with Crippen LogP contribution in [0.5, 0.6) is 0 Å². The van der Waals surface area contributed by atoms with Crippen LogP contribution in [0.25, 0.3) is 0 Å². The number of benzene rings is 1. The molecular formula is C8H6F3IN2. The molecule has 1 aromatic carbocycles. The highest BCUT2D eigenvalue weighted by Crippen LogP contribution is 2.43. The molecule has 0 radical (unpaired) electrons. The van der Waals surface area contributed by atoms with Crippen molar-refractivity contribution in [2.75, 3.05) is 0 Å². The maximum Gasteiger partial charge on any atom is 0.426 e. The molecule has 1 aliphatic heterocycles. The lowest BCUT2D eigenvalue weighted by atomic mass is 10.0. The normalized spacial score (nSPS) is 19.4. The maximum absolute atomic E-state index is 12.6. The number of halogens is 4. The number of hydrazine groups is 1. The fourth-order valence-corrected chi connectivity index (χ4v) is 2.05. The van der Waals surface area contributed by atoms with E-state index in [1.165, 1.54) is 6.07 Å². The molecule has 2 nitrogen and oxygen atoms in total. The zero-order valence-corrected chi connectivity index (χ0v) is 8.98. The molecule has 0 aliphatic carbocycles. The van der Waals surface area contributed by atoms with Crippen molar-refractivity contribution in [2.45, 2.75) is 11.8 Å². The summed E-state index contributed by atoms with van der Waals surface area (Å²) in [5, 5.41) is 0. The molecule has 0 atom stereocenters. The topological polar surface area (TPSA) is 43.9 Å². The molecule has 1 heterocycles. The van der Waals surface area contributed by atoms with Crippen LogP contribution in [-0.2, 0) is 5.66 Å². The Bertz CT molecular complexity index is 360. The number of hydrogen-bond donors (Lipinski definition) is 2. The van der Waals surface area contributed by atoms with Gasteiger partial charge < -0.3 is 0 Å². The summed E-state index contributed by atoms with van der Waals surface area (Å²) in [6, 6.07) is 6.40. The molecule has 0 spiro atoms. The minimum atomic E-state index is -4.33. The van der Waals surface area contributed by atoms with Gasteiger partial charge in [0.15, 0.2) is 0 Å². The van der Waals surface area contributed by atoms with Gasteiger partial charge in [-0.05, 0) is 28.7 Å². The van der Waals surface area contributed by atoms with Crippen LogP contribution in [0.3, 0.4) is 0 Å². The highest BCUT2D eigenvalue weighted by Gasteiger charge is 2.65. The molecular weight excluding hydrogens is 308 g/mol. The monoisotopic (exact) mass is 314 g/mol. The Morgan fingerprint density at radius 1 is 1.14 bits per heavy atom. The lowest BCUT2D eigenvalue weighted by molar-refractivity contribution is -0.165. The molecule has 1 fully saturated rings. The highest BCUT2D eigenvalue weighted by molar-refractivity contribution is 14.1. The number of hydrogen-bond acceptors (Lipinski definition) is 2. The van der Waals surface area contributed by atoms with Gasteiger partial charge in [0.25, 0.3) is 0 Å². The van der Waals surface area contributed by atoms with Crippen molar-refractivity contribution >= 4 is 22.6 Å². The first-order valence-electron chi connectivity index (χ1n) is 3.83. The zero-order chi connectivity index (χ0) is 10.4. The van der Waals surface area contributed by atoms with Crippen LogP contribution < -0.4 is 10.9 Å². The average Bonchev–Trinajstić information content (AvgIpc) is 2.84. The third-order valence-electron chi connectivity index (χ3n) is 2.08. The number of nitrogens with one attached hydrogen (secondary N) is 2. The van der Waals surface area contributed by atoms with Crippen molar-refractivity contribution in [3.05, 3.63) is 33.4 Å². The molecule has 0 saturated carbocycles. The molecule has 1 aromatic rings. The lowest BCUT2D eigenvalue weighted by Gasteiger charge is -2.17. The predicted molar refractivity (Wildman–Crippen MR) is 53.2 cm³/mol. The van der Waals surface area contributed by atoms with Gasteiger partial charge in [0.1, 0.15) is 0 Å². The van der Waals surface area contributed by atoms with Crippen molar-refractivity contribution in [3.8, 4) is 0 Å². The second kappa shape index (κ2) is 3.07. The summed E-state index contributed by atoms with van der Waals surface area (Å²) in [6.45, 7) is 0. The first-order valence-corrected chi connectivity index (χ1v) is 4.91. The van der Waals surface area contributed by atoms with E-state index in [-0.39, 0.29) is 5.56 Å². The molecule has 6 heteroatoms. The van der Waals surface area contributed by atoms with E-state index < -0.39 is 11.8 Å². The molecule has 0 unspecified atom stereocenters. The van der Waals surface area contributed by atoms with E-state index in [1.54, 1.807) is 18.2 Å². The SMILES string of the molecule is FC(F)(F)C1(c2ccccc2I)NN1. The molecule has 76 valence electrons. The van der Waals surface area contributed by atoms with E-state index in [9.17, 15) is 13.2 Å². The molecule has 14 heavy (non-hydrogen) atoms. The Hall–Kier alpha value is -0.340. The van der Waals surface area contributed by atoms with Crippen molar-refractivity contribution in [3.63, 3.8) is 0 Å². The lowest BCUT2D eigenvalue weighted by Crippen LogP contribution is -2.35. The van der Waals surface area contributed by atoms with Crippen LogP contribution in [0, 0.1) is 3.57 Å². The van der Waals surface area contributed by atoms with Gasteiger partial charge >= 0.3 is 6.18 Å². The standard InChI is InChI=1S/C8H6F3IN2/c9-8(10,11)7(13-14-7)5-3-1-2-4-6(5)12/h1-4,13-14H. The Morgan fingerprint density at radius 2 is 1.71 bits per heavy atom. The summed E-state index contributed by atoms with van der Waals surface area (Å²) in [7, 11) is 0. The van der Waals surface area contributed by atoms with E-state index >= 15 is 0 Å². The fraction of sp³-hybridized carbons (Fsp3) is 0.250. The zero-order valence-electron chi connectivity index (χ0n) is 6.82. The summed E-state index contributed by atoms with van der Waals surface area (Å²) in [6.07, 6.45) is -4.33. The summed E-state index contributed by atoms with van der Waals surface area (Å²) in [5.74, 6) is 0. The molecule has 1 aliphatic rings. The van der Waals surface area contributed by atoms with Crippen LogP contribution >= 0.6 is 22.6 Å². The second-order valence-corrected chi connectivity index (χ2v) is 4.14. The Morgan fingerprint density at radius 3 is 2.14 bits per heavy atom. The first-order chi connectivity index (χ1) is 6.47. The molecule has 0 aromatic heterocycles. The van der Waals surface area contributed by atoms with Gasteiger partial charge in [0.05, 0.1) is 0 Å². The van der Waals surface area contributed by atoms with Crippen LogP contribution in [0.15, 0.2) is 24.3 Å². The quantitative estimate of drug-likeness (QED) is 0.616. The summed E-state index contributed by atoms with van der Waals surface area (Å²) < 4.78 is 38.5. The second-order valence-electron chi connectivity index (χ2n) is 2.98. The van der Waals surface area contributed by atoms with Crippen LogP contribution in [0.1, 0.15) is 5.56 Å². The van der Waals surface area contributed by atoms with Crippen LogP contribution in [-0.4, -0.2) is 6.18 Å². The maximum atomic E-state index is 12.6. The van der Waals surface area contributed by atoms with Crippen LogP contribution in [0.2, 0.25) is 0 Å². The minimum absolute atomic E-state index is 0.216. The molecule has 2 rings (SSSR count). The van der Waals surface area contributed by atoms with Gasteiger partial charge in [0.2, 0.25) is 5.66 Å². The fourth-order valence-electron chi connectivity index (χ4n) is 1.26. The smallest absolute Gasteiger partial charge is 0.223 e. The highest BCUT2D eigenvalue weighted by atomic mass is 127.